The van der Waals surface area contributed by atoms with Gasteiger partial charge in [-0.3, -0.25) is 4.79 Å². The van der Waals surface area contributed by atoms with Crippen molar-refractivity contribution in [2.45, 2.75) is 25.4 Å². The lowest BCUT2D eigenvalue weighted by Crippen LogP contribution is -2.38. The number of aromatic nitrogens is 1. The molecule has 6 heteroatoms. The zero-order valence-corrected chi connectivity index (χ0v) is 14.4. The number of carbonyl (C=O) groups is 1. The molecular weight excluding hydrogens is 318 g/mol. The Hall–Kier alpha value is -2.10. The monoisotopic (exact) mass is 343 g/mol. The van der Waals surface area contributed by atoms with Gasteiger partial charge in [-0.2, -0.15) is 0 Å². The molecule has 1 atom stereocenters. The lowest BCUT2D eigenvalue weighted by atomic mass is 10.1. The number of nitrogens with one attached hydrogen (secondary N) is 1. The van der Waals surface area contributed by atoms with E-state index in [0.29, 0.717) is 17.6 Å². The van der Waals surface area contributed by atoms with E-state index >= 15 is 0 Å². The van der Waals surface area contributed by atoms with Crippen LogP contribution < -0.4 is 10.2 Å². The Morgan fingerprint density at radius 1 is 1.40 bits per heavy atom. The lowest BCUT2D eigenvalue weighted by Gasteiger charge is -2.33. The van der Waals surface area contributed by atoms with E-state index in [1.54, 1.807) is 12.3 Å². The number of hydrogen-bond donors (Lipinski definition) is 1. The first-order valence-corrected chi connectivity index (χ1v) is 8.88. The average molecular weight is 343 g/mol. The summed E-state index contributed by atoms with van der Waals surface area (Å²) in [6, 6.07) is 3.68. The molecule has 0 aliphatic carbocycles. The summed E-state index contributed by atoms with van der Waals surface area (Å²) in [7, 11) is 0. The number of piperidine rings is 1. The molecule has 1 aromatic heterocycles. The van der Waals surface area contributed by atoms with Crippen molar-refractivity contribution in [1.29, 1.82) is 0 Å². The van der Waals surface area contributed by atoms with E-state index in [0.717, 1.165) is 58.0 Å². The van der Waals surface area contributed by atoms with Gasteiger partial charge >= 0.3 is 0 Å². The minimum absolute atomic E-state index is 0.194. The molecule has 0 spiro atoms. The van der Waals surface area contributed by atoms with Crippen LogP contribution in [0.15, 0.2) is 18.3 Å². The van der Waals surface area contributed by atoms with E-state index in [1.807, 2.05) is 6.07 Å². The third kappa shape index (κ3) is 4.94. The van der Waals surface area contributed by atoms with Crippen molar-refractivity contribution in [2.24, 2.45) is 5.92 Å². The number of rotatable bonds is 6. The van der Waals surface area contributed by atoms with Crippen molar-refractivity contribution < 1.29 is 14.3 Å². The molecule has 1 aromatic rings. The number of terminal acetylenes is 1. The van der Waals surface area contributed by atoms with Crippen LogP contribution in [-0.4, -0.2) is 56.5 Å². The van der Waals surface area contributed by atoms with E-state index in [-0.39, 0.29) is 12.5 Å². The molecule has 134 valence electrons. The Morgan fingerprint density at radius 3 is 2.88 bits per heavy atom. The Morgan fingerprint density at radius 2 is 2.24 bits per heavy atom. The molecule has 3 heterocycles. The van der Waals surface area contributed by atoms with Crippen LogP contribution in [0.3, 0.4) is 0 Å². The number of amides is 1. The summed E-state index contributed by atoms with van der Waals surface area (Å²) in [4.78, 5) is 18.5. The summed E-state index contributed by atoms with van der Waals surface area (Å²) < 4.78 is 11.4. The third-order valence-electron chi connectivity index (χ3n) is 4.72. The first kappa shape index (κ1) is 17.7. The van der Waals surface area contributed by atoms with Crippen molar-refractivity contribution in [2.75, 3.05) is 44.4 Å². The minimum atomic E-state index is -0.194. The van der Waals surface area contributed by atoms with E-state index in [9.17, 15) is 4.79 Å². The number of anilines is 1. The summed E-state index contributed by atoms with van der Waals surface area (Å²) in [6.07, 6.45) is 10.2. The maximum absolute atomic E-state index is 11.8. The number of ether oxygens (including phenoxy) is 2. The van der Waals surface area contributed by atoms with Gasteiger partial charge in [-0.05, 0) is 31.4 Å². The molecule has 0 radical (unpaired) electrons. The molecule has 2 aliphatic rings. The maximum Gasteiger partial charge on any atom is 0.253 e. The first-order chi connectivity index (χ1) is 12.3. The highest BCUT2D eigenvalue weighted by molar-refractivity contribution is 5.94. The topological polar surface area (TPSA) is 63.7 Å². The van der Waals surface area contributed by atoms with Crippen LogP contribution in [0, 0.1) is 18.3 Å². The summed E-state index contributed by atoms with van der Waals surface area (Å²) in [5.74, 6) is 3.65. The van der Waals surface area contributed by atoms with Crippen LogP contribution in [0.1, 0.15) is 29.6 Å². The molecule has 0 aromatic carbocycles. The fourth-order valence-corrected chi connectivity index (χ4v) is 3.18. The van der Waals surface area contributed by atoms with Crippen LogP contribution in [0.4, 0.5) is 5.82 Å². The predicted octanol–water partition coefficient (Wildman–Crippen LogP) is 1.47. The number of hydrogen-bond acceptors (Lipinski definition) is 5. The molecular formula is C19H25N3O3. The van der Waals surface area contributed by atoms with Crippen LogP contribution in [-0.2, 0) is 9.47 Å². The quantitative estimate of drug-likeness (QED) is 0.793. The largest absolute Gasteiger partial charge is 0.381 e. The molecule has 2 saturated heterocycles. The molecule has 0 saturated carbocycles. The first-order valence-electron chi connectivity index (χ1n) is 8.88. The van der Waals surface area contributed by atoms with Gasteiger partial charge in [0, 0.05) is 31.8 Å². The average Bonchev–Trinajstić information content (AvgIpc) is 3.19. The van der Waals surface area contributed by atoms with Gasteiger partial charge in [-0.25, -0.2) is 4.98 Å². The Bertz CT molecular complexity index is 597. The van der Waals surface area contributed by atoms with Crippen LogP contribution >= 0.6 is 0 Å². The van der Waals surface area contributed by atoms with E-state index in [2.05, 4.69) is 21.1 Å². The second-order valence-electron chi connectivity index (χ2n) is 6.54. The van der Waals surface area contributed by atoms with Gasteiger partial charge < -0.3 is 19.7 Å². The SMILES string of the molecule is C#CCNC(=O)c1ccc(N2CCC(OCC3CCOC3)CC2)nc1. The fraction of sp³-hybridized carbons (Fsp3) is 0.579. The fourth-order valence-electron chi connectivity index (χ4n) is 3.18. The maximum atomic E-state index is 11.8. The van der Waals surface area contributed by atoms with Gasteiger partial charge in [0.05, 0.1) is 31.4 Å². The van der Waals surface area contributed by atoms with Gasteiger partial charge in [0.1, 0.15) is 5.82 Å². The second kappa shape index (κ2) is 8.84. The highest BCUT2D eigenvalue weighted by atomic mass is 16.5. The molecule has 1 N–H and O–H groups in total. The molecule has 2 aliphatic heterocycles. The molecule has 1 unspecified atom stereocenters. The third-order valence-corrected chi connectivity index (χ3v) is 4.72. The van der Waals surface area contributed by atoms with Crippen molar-refractivity contribution >= 4 is 11.7 Å². The summed E-state index contributed by atoms with van der Waals surface area (Å²) in [6.45, 7) is 4.58. The minimum Gasteiger partial charge on any atom is -0.381 e. The van der Waals surface area contributed by atoms with Crippen molar-refractivity contribution in [1.82, 2.24) is 10.3 Å². The van der Waals surface area contributed by atoms with Gasteiger partial charge in [0.15, 0.2) is 0 Å². The molecule has 25 heavy (non-hydrogen) atoms. The van der Waals surface area contributed by atoms with Gasteiger partial charge in [-0.1, -0.05) is 5.92 Å². The second-order valence-corrected chi connectivity index (χ2v) is 6.54. The van der Waals surface area contributed by atoms with Crippen molar-refractivity contribution in [3.63, 3.8) is 0 Å². The van der Waals surface area contributed by atoms with Gasteiger partial charge in [0.2, 0.25) is 0 Å². The van der Waals surface area contributed by atoms with Crippen molar-refractivity contribution in [3.8, 4) is 12.3 Å². The number of pyridine rings is 1. The Labute approximate surface area is 148 Å². The van der Waals surface area contributed by atoms with E-state index in [4.69, 9.17) is 15.9 Å². The zero-order chi connectivity index (χ0) is 17.5. The highest BCUT2D eigenvalue weighted by Crippen LogP contribution is 2.21. The zero-order valence-electron chi connectivity index (χ0n) is 14.4. The Balaban J connectivity index is 1.44. The van der Waals surface area contributed by atoms with Crippen molar-refractivity contribution in [3.05, 3.63) is 23.9 Å². The van der Waals surface area contributed by atoms with Crippen LogP contribution in [0.5, 0.6) is 0 Å². The predicted molar refractivity (Wildman–Crippen MR) is 95.5 cm³/mol. The molecule has 1 amide bonds. The summed E-state index contributed by atoms with van der Waals surface area (Å²) in [5, 5.41) is 2.64. The molecule has 2 fully saturated rings. The molecule has 3 rings (SSSR count). The van der Waals surface area contributed by atoms with Crippen LogP contribution in [0.2, 0.25) is 0 Å². The number of nitrogens with zero attached hydrogens (tertiary/aromatic N) is 2. The lowest BCUT2D eigenvalue weighted by molar-refractivity contribution is 0.0131. The van der Waals surface area contributed by atoms with E-state index < -0.39 is 0 Å². The van der Waals surface area contributed by atoms with E-state index in [1.165, 1.54) is 0 Å². The summed E-state index contributed by atoms with van der Waals surface area (Å²) >= 11 is 0. The molecule has 0 bridgehead atoms. The van der Waals surface area contributed by atoms with Gasteiger partial charge in [-0.15, -0.1) is 6.42 Å². The number of carbonyl (C=O) groups excluding carboxylic acids is 1. The standard InChI is InChI=1S/C19H25N3O3/c1-2-8-20-19(23)16-3-4-18(21-12-16)22-9-5-17(6-10-22)25-14-15-7-11-24-13-15/h1,3-4,12,15,17H,5-11,13-14H2,(H,20,23). The summed E-state index contributed by atoms with van der Waals surface area (Å²) in [5.41, 5.74) is 0.524. The van der Waals surface area contributed by atoms with Crippen LogP contribution in [0.25, 0.3) is 0 Å². The van der Waals surface area contributed by atoms with Gasteiger partial charge in [0.25, 0.3) is 5.91 Å². The highest BCUT2D eigenvalue weighted by Gasteiger charge is 2.23. The normalized spacial score (nSPS) is 21.1. The smallest absolute Gasteiger partial charge is 0.253 e. The molecule has 6 nitrogen and oxygen atoms in total. The Kier molecular flexibility index (Phi) is 6.26.